The van der Waals surface area contributed by atoms with E-state index in [4.69, 9.17) is 16.3 Å². The van der Waals surface area contributed by atoms with Gasteiger partial charge in [0.05, 0.1) is 11.6 Å². The Morgan fingerprint density at radius 2 is 2.31 bits per heavy atom. The summed E-state index contributed by atoms with van der Waals surface area (Å²) in [6.45, 7) is 1.15. The molecule has 1 heterocycles. The summed E-state index contributed by atoms with van der Waals surface area (Å²) in [7, 11) is 0. The Labute approximate surface area is 106 Å². The Bertz CT molecular complexity index is 461. The number of rotatable bonds is 4. The Kier molecular flexibility index (Phi) is 3.79. The fourth-order valence-corrected chi connectivity index (χ4v) is 1.92. The van der Waals surface area contributed by atoms with Crippen LogP contribution in [0.3, 0.4) is 0 Å². The highest BCUT2D eigenvalue weighted by atomic mass is 79.9. The Morgan fingerprint density at radius 1 is 1.44 bits per heavy atom. The molecule has 1 aromatic heterocycles. The molecule has 4 nitrogen and oxygen atoms in total. The van der Waals surface area contributed by atoms with E-state index in [1.54, 1.807) is 17.1 Å². The van der Waals surface area contributed by atoms with Crippen LogP contribution in [0.25, 0.3) is 0 Å². The molecule has 0 aliphatic carbocycles. The van der Waals surface area contributed by atoms with E-state index in [1.165, 1.54) is 6.33 Å². The molecule has 2 aromatic rings. The minimum absolute atomic E-state index is 0.505. The van der Waals surface area contributed by atoms with Crippen LogP contribution < -0.4 is 4.74 Å². The third kappa shape index (κ3) is 2.96. The lowest BCUT2D eigenvalue weighted by atomic mass is 10.3. The second-order valence-electron chi connectivity index (χ2n) is 3.08. The van der Waals surface area contributed by atoms with Crippen molar-refractivity contribution in [3.05, 3.63) is 40.3 Å². The van der Waals surface area contributed by atoms with Crippen molar-refractivity contribution in [2.75, 3.05) is 6.61 Å². The van der Waals surface area contributed by atoms with Gasteiger partial charge in [-0.15, -0.1) is 0 Å². The monoisotopic (exact) mass is 301 g/mol. The van der Waals surface area contributed by atoms with Crippen LogP contribution in [-0.2, 0) is 6.54 Å². The summed E-state index contributed by atoms with van der Waals surface area (Å²) in [5, 5.41) is 4.56. The quantitative estimate of drug-likeness (QED) is 0.872. The molecule has 84 valence electrons. The molecule has 0 bridgehead atoms. The predicted octanol–water partition coefficient (Wildman–Crippen LogP) is 2.77. The standard InChI is InChI=1S/C10H9BrClN3O/c11-8-1-2-10(9(12)5-8)16-4-3-15-7-13-6-14-15/h1-2,5-7H,3-4H2. The van der Waals surface area contributed by atoms with Gasteiger partial charge in [-0.1, -0.05) is 27.5 Å². The first-order chi connectivity index (χ1) is 7.75. The highest BCUT2D eigenvalue weighted by molar-refractivity contribution is 9.10. The summed E-state index contributed by atoms with van der Waals surface area (Å²) in [6.07, 6.45) is 3.14. The van der Waals surface area contributed by atoms with E-state index in [0.29, 0.717) is 23.9 Å². The molecule has 0 unspecified atom stereocenters. The fourth-order valence-electron chi connectivity index (χ4n) is 1.19. The van der Waals surface area contributed by atoms with Gasteiger partial charge in [-0.05, 0) is 18.2 Å². The molecule has 0 amide bonds. The van der Waals surface area contributed by atoms with Crippen molar-refractivity contribution in [2.45, 2.75) is 6.54 Å². The number of nitrogens with zero attached hydrogens (tertiary/aromatic N) is 3. The molecule has 0 radical (unpaired) electrons. The van der Waals surface area contributed by atoms with Crippen molar-refractivity contribution in [3.63, 3.8) is 0 Å². The van der Waals surface area contributed by atoms with Crippen LogP contribution in [0.5, 0.6) is 5.75 Å². The lowest BCUT2D eigenvalue weighted by Crippen LogP contribution is -2.08. The average molecular weight is 303 g/mol. The number of benzene rings is 1. The highest BCUT2D eigenvalue weighted by Gasteiger charge is 2.01. The van der Waals surface area contributed by atoms with E-state index in [-0.39, 0.29) is 0 Å². The van der Waals surface area contributed by atoms with Crippen molar-refractivity contribution in [1.29, 1.82) is 0 Å². The van der Waals surface area contributed by atoms with Gasteiger partial charge in [0.15, 0.2) is 0 Å². The van der Waals surface area contributed by atoms with Crippen LogP contribution in [0.2, 0.25) is 5.02 Å². The van der Waals surface area contributed by atoms with Crippen LogP contribution in [0.4, 0.5) is 0 Å². The zero-order chi connectivity index (χ0) is 11.4. The van der Waals surface area contributed by atoms with Crippen molar-refractivity contribution in [1.82, 2.24) is 14.8 Å². The average Bonchev–Trinajstić information content (AvgIpc) is 2.74. The van der Waals surface area contributed by atoms with Gasteiger partial charge in [0.25, 0.3) is 0 Å². The van der Waals surface area contributed by atoms with Crippen LogP contribution in [-0.4, -0.2) is 21.4 Å². The second-order valence-corrected chi connectivity index (χ2v) is 4.40. The maximum atomic E-state index is 6.00. The molecule has 0 fully saturated rings. The van der Waals surface area contributed by atoms with Gasteiger partial charge in [-0.25, -0.2) is 9.67 Å². The zero-order valence-corrected chi connectivity index (χ0v) is 10.6. The molecular weight excluding hydrogens is 293 g/mol. The van der Waals surface area contributed by atoms with Crippen LogP contribution in [0, 0.1) is 0 Å². The molecule has 0 saturated carbocycles. The van der Waals surface area contributed by atoms with Gasteiger partial charge < -0.3 is 4.74 Å². The number of halogens is 2. The van der Waals surface area contributed by atoms with E-state index < -0.39 is 0 Å². The van der Waals surface area contributed by atoms with Gasteiger partial charge >= 0.3 is 0 Å². The number of aromatic nitrogens is 3. The first-order valence-electron chi connectivity index (χ1n) is 4.66. The van der Waals surface area contributed by atoms with Crippen LogP contribution in [0.1, 0.15) is 0 Å². The molecule has 16 heavy (non-hydrogen) atoms. The SMILES string of the molecule is Clc1cc(Br)ccc1OCCn1cncn1. The third-order valence-corrected chi connectivity index (χ3v) is 2.73. The topological polar surface area (TPSA) is 39.9 Å². The minimum atomic E-state index is 0.505. The molecule has 0 spiro atoms. The Morgan fingerprint density at radius 3 is 3.00 bits per heavy atom. The molecule has 0 aliphatic rings. The normalized spacial score (nSPS) is 10.4. The third-order valence-electron chi connectivity index (χ3n) is 1.94. The van der Waals surface area contributed by atoms with Crippen LogP contribution >= 0.6 is 27.5 Å². The van der Waals surface area contributed by atoms with Gasteiger partial charge in [0, 0.05) is 4.47 Å². The first kappa shape index (κ1) is 11.4. The smallest absolute Gasteiger partial charge is 0.138 e. The van der Waals surface area contributed by atoms with Gasteiger partial charge in [0.1, 0.15) is 25.0 Å². The Hall–Kier alpha value is -1.07. The first-order valence-corrected chi connectivity index (χ1v) is 5.83. The molecule has 2 rings (SSSR count). The molecule has 0 aliphatic heterocycles. The van der Waals surface area contributed by atoms with Crippen molar-refractivity contribution in [3.8, 4) is 5.75 Å². The summed E-state index contributed by atoms with van der Waals surface area (Å²) in [4.78, 5) is 3.84. The summed E-state index contributed by atoms with van der Waals surface area (Å²) < 4.78 is 8.16. The van der Waals surface area contributed by atoms with Crippen LogP contribution in [0.15, 0.2) is 35.3 Å². The second kappa shape index (κ2) is 5.32. The van der Waals surface area contributed by atoms with E-state index in [9.17, 15) is 0 Å². The summed E-state index contributed by atoms with van der Waals surface area (Å²) in [5.74, 6) is 0.671. The lowest BCUT2D eigenvalue weighted by Gasteiger charge is -2.07. The number of hydrogen-bond donors (Lipinski definition) is 0. The largest absolute Gasteiger partial charge is 0.490 e. The maximum absolute atomic E-state index is 6.00. The van der Waals surface area contributed by atoms with Gasteiger partial charge in [-0.2, -0.15) is 5.10 Å². The van der Waals surface area contributed by atoms with Gasteiger partial charge in [0.2, 0.25) is 0 Å². The number of hydrogen-bond acceptors (Lipinski definition) is 3. The zero-order valence-electron chi connectivity index (χ0n) is 8.31. The van der Waals surface area contributed by atoms with Crippen molar-refractivity contribution < 1.29 is 4.74 Å². The van der Waals surface area contributed by atoms with E-state index in [0.717, 1.165) is 4.47 Å². The summed E-state index contributed by atoms with van der Waals surface area (Å²) >= 11 is 9.33. The van der Waals surface area contributed by atoms with E-state index in [2.05, 4.69) is 26.0 Å². The molecular formula is C10H9BrClN3O. The number of ether oxygens (including phenoxy) is 1. The highest BCUT2D eigenvalue weighted by Crippen LogP contribution is 2.27. The maximum Gasteiger partial charge on any atom is 0.138 e. The van der Waals surface area contributed by atoms with Crippen molar-refractivity contribution in [2.24, 2.45) is 0 Å². The van der Waals surface area contributed by atoms with E-state index >= 15 is 0 Å². The van der Waals surface area contributed by atoms with Crippen molar-refractivity contribution >= 4 is 27.5 Å². The molecule has 0 N–H and O–H groups in total. The summed E-state index contributed by atoms with van der Waals surface area (Å²) in [5.41, 5.74) is 0. The Balaban J connectivity index is 1.90. The summed E-state index contributed by atoms with van der Waals surface area (Å²) in [6, 6.07) is 5.51. The molecule has 0 atom stereocenters. The predicted molar refractivity (Wildman–Crippen MR) is 64.7 cm³/mol. The van der Waals surface area contributed by atoms with Gasteiger partial charge in [-0.3, -0.25) is 0 Å². The lowest BCUT2D eigenvalue weighted by molar-refractivity contribution is 0.291. The van der Waals surface area contributed by atoms with E-state index in [1.807, 2.05) is 12.1 Å². The molecule has 6 heteroatoms. The minimum Gasteiger partial charge on any atom is -0.490 e. The molecule has 1 aromatic carbocycles. The molecule has 0 saturated heterocycles. The fraction of sp³-hybridized carbons (Fsp3) is 0.200.